The highest BCUT2D eigenvalue weighted by Gasteiger charge is 2.07. The van der Waals surface area contributed by atoms with E-state index in [-0.39, 0.29) is 0 Å². The van der Waals surface area contributed by atoms with E-state index >= 15 is 0 Å². The fraction of sp³-hybridized carbons (Fsp3) is 1.00. The minimum Gasteiger partial charge on any atom is -0.378 e. The number of alkyl halides is 2. The molecule has 0 amide bonds. The molecule has 1 rings (SSSR count). The zero-order chi connectivity index (χ0) is 23.0. The Balaban J connectivity index is 2.28. The lowest BCUT2D eigenvalue weighted by atomic mass is 10.2. The minimum atomic E-state index is 0.672. The summed E-state index contributed by atoms with van der Waals surface area (Å²) in [4.78, 5) is 4.93. The molecule has 192 valence electrons. The molecular weight excluding hydrogens is 540 g/mol. The van der Waals surface area contributed by atoms with Crippen LogP contribution >= 0.6 is 31.9 Å². The van der Waals surface area contributed by atoms with E-state index in [1.807, 2.05) is 0 Å². The second kappa shape index (κ2) is 24.8. The van der Waals surface area contributed by atoms with Crippen molar-refractivity contribution in [3.8, 4) is 0 Å². The van der Waals surface area contributed by atoms with Gasteiger partial charge in [0.2, 0.25) is 0 Å². The highest BCUT2D eigenvalue weighted by Crippen LogP contribution is 2.05. The van der Waals surface area contributed by atoms with Gasteiger partial charge in [-0.05, 0) is 38.8 Å². The number of ether oxygens (including phenoxy) is 4. The third-order valence-electron chi connectivity index (χ3n) is 5.67. The minimum absolute atomic E-state index is 0.672. The van der Waals surface area contributed by atoms with E-state index in [9.17, 15) is 0 Å². The average Bonchev–Trinajstić information content (AvgIpc) is 2.80. The second-order valence-electron chi connectivity index (χ2n) is 8.34. The number of nitrogens with zero attached hydrogens (tertiary/aromatic N) is 2. The van der Waals surface area contributed by atoms with Gasteiger partial charge in [-0.3, -0.25) is 9.80 Å². The van der Waals surface area contributed by atoms with Crippen LogP contribution in [-0.4, -0.2) is 113 Å². The normalized spacial score (nSPS) is 20.1. The smallest absolute Gasteiger partial charge is 0.0701 e. The summed E-state index contributed by atoms with van der Waals surface area (Å²) in [6.07, 6.45) is 10.2. The van der Waals surface area contributed by atoms with E-state index < -0.39 is 0 Å². The topological polar surface area (TPSA) is 43.4 Å². The predicted octanol–water partition coefficient (Wildman–Crippen LogP) is 4.58. The lowest BCUT2D eigenvalue weighted by molar-refractivity contribution is 0.00777. The maximum absolute atomic E-state index is 5.83. The molecule has 1 heterocycles. The summed E-state index contributed by atoms with van der Waals surface area (Å²) in [6, 6.07) is 0. The Hall–Kier alpha value is 0.720. The molecule has 6 nitrogen and oxygen atoms in total. The van der Waals surface area contributed by atoms with Crippen LogP contribution in [0.1, 0.15) is 51.4 Å². The monoisotopic (exact) mass is 586 g/mol. The van der Waals surface area contributed by atoms with E-state index in [1.54, 1.807) is 0 Å². The molecule has 1 saturated heterocycles. The zero-order valence-corrected chi connectivity index (χ0v) is 23.4. The fourth-order valence-corrected chi connectivity index (χ4v) is 4.45. The van der Waals surface area contributed by atoms with Crippen LogP contribution in [0.2, 0.25) is 0 Å². The second-order valence-corrected chi connectivity index (χ2v) is 9.93. The Morgan fingerprint density at radius 2 is 0.719 bits per heavy atom. The maximum Gasteiger partial charge on any atom is 0.0701 e. The SMILES string of the molecule is BrCCCCCCN1CCOCCOCCN(CCCCCCBr)CCOCCOCC1. The van der Waals surface area contributed by atoms with Crippen molar-refractivity contribution in [2.75, 3.05) is 103 Å². The third kappa shape index (κ3) is 20.1. The lowest BCUT2D eigenvalue weighted by Crippen LogP contribution is -2.34. The van der Waals surface area contributed by atoms with Crippen LogP contribution in [0.15, 0.2) is 0 Å². The summed E-state index contributed by atoms with van der Waals surface area (Å²) in [5.74, 6) is 0. The first kappa shape index (κ1) is 30.8. The molecule has 0 aromatic carbocycles. The van der Waals surface area contributed by atoms with Crippen molar-refractivity contribution in [1.29, 1.82) is 0 Å². The van der Waals surface area contributed by atoms with E-state index in [1.165, 1.54) is 51.4 Å². The number of halogens is 2. The summed E-state index contributed by atoms with van der Waals surface area (Å²) < 4.78 is 23.3. The van der Waals surface area contributed by atoms with Crippen molar-refractivity contribution in [3.05, 3.63) is 0 Å². The average molecular weight is 588 g/mol. The van der Waals surface area contributed by atoms with Crippen LogP contribution in [0.25, 0.3) is 0 Å². The largest absolute Gasteiger partial charge is 0.378 e. The van der Waals surface area contributed by atoms with E-state index in [4.69, 9.17) is 18.9 Å². The molecule has 32 heavy (non-hydrogen) atoms. The van der Waals surface area contributed by atoms with Gasteiger partial charge in [0.1, 0.15) is 0 Å². The van der Waals surface area contributed by atoms with E-state index in [0.29, 0.717) is 26.4 Å². The number of hydrogen-bond acceptors (Lipinski definition) is 6. The highest BCUT2D eigenvalue weighted by molar-refractivity contribution is 9.09. The van der Waals surface area contributed by atoms with Crippen LogP contribution in [0.3, 0.4) is 0 Å². The molecule has 0 aliphatic carbocycles. The first-order valence-electron chi connectivity index (χ1n) is 12.7. The first-order valence-corrected chi connectivity index (χ1v) is 15.0. The number of hydrogen-bond donors (Lipinski definition) is 0. The zero-order valence-electron chi connectivity index (χ0n) is 20.3. The van der Waals surface area contributed by atoms with Gasteiger partial charge in [-0.2, -0.15) is 0 Å². The molecule has 1 aliphatic rings. The Kier molecular flexibility index (Phi) is 23.9. The van der Waals surface area contributed by atoms with E-state index in [0.717, 1.165) is 76.4 Å². The molecule has 0 spiro atoms. The van der Waals surface area contributed by atoms with Crippen LogP contribution in [-0.2, 0) is 18.9 Å². The molecule has 0 radical (unpaired) electrons. The van der Waals surface area contributed by atoms with Crippen molar-refractivity contribution >= 4 is 31.9 Å². The molecule has 8 heteroatoms. The van der Waals surface area contributed by atoms with Gasteiger partial charge < -0.3 is 18.9 Å². The molecule has 1 aliphatic heterocycles. The number of rotatable bonds is 12. The summed E-state index contributed by atoms with van der Waals surface area (Å²) >= 11 is 7.02. The molecule has 0 saturated carbocycles. The van der Waals surface area contributed by atoms with Crippen LogP contribution < -0.4 is 0 Å². The van der Waals surface area contributed by atoms with Crippen LogP contribution in [0.5, 0.6) is 0 Å². The van der Waals surface area contributed by atoms with Crippen molar-refractivity contribution < 1.29 is 18.9 Å². The Bertz CT molecular complexity index is 330. The van der Waals surface area contributed by atoms with Gasteiger partial charge >= 0.3 is 0 Å². The molecular formula is C24H48Br2N2O4. The molecule has 0 atom stereocenters. The Morgan fingerprint density at radius 1 is 0.406 bits per heavy atom. The van der Waals surface area contributed by atoms with Gasteiger partial charge in [-0.1, -0.05) is 57.5 Å². The number of unbranched alkanes of at least 4 members (excludes halogenated alkanes) is 6. The van der Waals surface area contributed by atoms with Gasteiger partial charge in [0.15, 0.2) is 0 Å². The van der Waals surface area contributed by atoms with Gasteiger partial charge in [-0.15, -0.1) is 0 Å². The molecule has 0 bridgehead atoms. The van der Waals surface area contributed by atoms with Gasteiger partial charge in [0.25, 0.3) is 0 Å². The summed E-state index contributed by atoms with van der Waals surface area (Å²) in [7, 11) is 0. The van der Waals surface area contributed by atoms with Gasteiger partial charge in [-0.25, -0.2) is 0 Å². The summed E-state index contributed by atoms with van der Waals surface area (Å²) in [6.45, 7) is 11.8. The quantitative estimate of drug-likeness (QED) is 0.246. The van der Waals surface area contributed by atoms with Crippen molar-refractivity contribution in [3.63, 3.8) is 0 Å². The molecule has 0 aromatic rings. The lowest BCUT2D eigenvalue weighted by Gasteiger charge is -2.23. The summed E-state index contributed by atoms with van der Waals surface area (Å²) in [5, 5.41) is 2.22. The Morgan fingerprint density at radius 3 is 1.03 bits per heavy atom. The first-order chi connectivity index (χ1) is 15.9. The van der Waals surface area contributed by atoms with Gasteiger partial charge in [0, 0.05) is 36.8 Å². The third-order valence-corrected chi connectivity index (χ3v) is 6.79. The van der Waals surface area contributed by atoms with E-state index in [2.05, 4.69) is 41.7 Å². The standard InChI is InChI=1S/C24H48Br2N2O4/c25-9-5-1-3-7-11-27-13-17-29-21-23-31-19-15-28(12-8-4-2-6-10-26)16-20-32-24-22-30-18-14-27/h1-24H2. The van der Waals surface area contributed by atoms with Crippen molar-refractivity contribution in [2.24, 2.45) is 0 Å². The van der Waals surface area contributed by atoms with Crippen molar-refractivity contribution in [1.82, 2.24) is 9.80 Å². The molecule has 0 unspecified atom stereocenters. The highest BCUT2D eigenvalue weighted by atomic mass is 79.9. The molecule has 1 fully saturated rings. The molecule has 0 aromatic heterocycles. The van der Waals surface area contributed by atoms with Crippen LogP contribution in [0.4, 0.5) is 0 Å². The van der Waals surface area contributed by atoms with Gasteiger partial charge in [0.05, 0.1) is 52.9 Å². The molecule has 0 N–H and O–H groups in total. The summed E-state index contributed by atoms with van der Waals surface area (Å²) in [5.41, 5.74) is 0. The van der Waals surface area contributed by atoms with Crippen LogP contribution in [0, 0.1) is 0 Å². The predicted molar refractivity (Wildman–Crippen MR) is 141 cm³/mol. The maximum atomic E-state index is 5.83. The Labute approximate surface area is 214 Å². The van der Waals surface area contributed by atoms with Crippen molar-refractivity contribution in [2.45, 2.75) is 51.4 Å². The fourth-order valence-electron chi connectivity index (χ4n) is 3.66.